The average molecular weight is 192 g/mol. The lowest BCUT2D eigenvalue weighted by atomic mass is 9.93. The van der Waals surface area contributed by atoms with Crippen LogP contribution in [0.1, 0.15) is 39.5 Å². The van der Waals surface area contributed by atoms with Crippen LogP contribution in [0.3, 0.4) is 0 Å². The van der Waals surface area contributed by atoms with E-state index < -0.39 is 0 Å². The zero-order valence-electron chi connectivity index (χ0n) is 8.79. The molecule has 3 fully saturated rings. The first kappa shape index (κ1) is 8.70. The Labute approximate surface area is 84.6 Å². The lowest BCUT2D eigenvalue weighted by Gasteiger charge is -2.29. The minimum Gasteiger partial charge on any atom is -0.290 e. The van der Waals surface area contributed by atoms with E-state index in [0.29, 0.717) is 6.04 Å². The monoisotopic (exact) mass is 192 g/mol. The Morgan fingerprint density at radius 1 is 1.36 bits per heavy atom. The Kier molecular flexibility index (Phi) is 1.44. The molecule has 1 aliphatic carbocycles. The molecule has 2 atom stereocenters. The van der Waals surface area contributed by atoms with Crippen LogP contribution < -0.4 is 0 Å². The van der Waals surface area contributed by atoms with Crippen LogP contribution in [0.5, 0.6) is 0 Å². The van der Waals surface area contributed by atoms with Crippen molar-refractivity contribution in [3.05, 3.63) is 0 Å². The van der Waals surface area contributed by atoms with Gasteiger partial charge in [0, 0.05) is 5.54 Å². The first-order valence-corrected chi connectivity index (χ1v) is 5.47. The van der Waals surface area contributed by atoms with Gasteiger partial charge < -0.3 is 0 Å². The van der Waals surface area contributed by atoms with Crippen LogP contribution >= 0.6 is 0 Å². The maximum absolute atomic E-state index is 9.20. The van der Waals surface area contributed by atoms with Gasteiger partial charge in [-0.25, -0.2) is 0 Å². The van der Waals surface area contributed by atoms with Gasteiger partial charge in [0.15, 0.2) is 0 Å². The maximum Gasteiger partial charge on any atom is 0.108 e. The van der Waals surface area contributed by atoms with Crippen molar-refractivity contribution in [2.45, 2.75) is 56.7 Å². The van der Waals surface area contributed by atoms with Gasteiger partial charge in [0.25, 0.3) is 0 Å². The molecule has 76 valence electrons. The fraction of sp³-hybridized carbons (Fsp3) is 0.909. The molecule has 3 heteroatoms. The number of nitrogens with zero attached hydrogens (tertiary/aromatic N) is 2. The minimum absolute atomic E-state index is 0.0723. The van der Waals surface area contributed by atoms with E-state index in [4.69, 9.17) is 4.84 Å². The highest BCUT2D eigenvalue weighted by molar-refractivity contribution is 5.18. The molecule has 0 aromatic heterocycles. The predicted molar refractivity (Wildman–Crippen MR) is 51.1 cm³/mol. The quantitative estimate of drug-likeness (QED) is 0.587. The van der Waals surface area contributed by atoms with Gasteiger partial charge in [-0.15, -0.1) is 0 Å². The van der Waals surface area contributed by atoms with Gasteiger partial charge in [0.2, 0.25) is 0 Å². The summed E-state index contributed by atoms with van der Waals surface area (Å²) in [6, 6.07) is 2.82. The normalized spacial score (nSPS) is 42.4. The first-order chi connectivity index (χ1) is 6.59. The number of hydrogen-bond acceptors (Lipinski definition) is 3. The largest absolute Gasteiger partial charge is 0.290 e. The fourth-order valence-electron chi connectivity index (χ4n) is 3.00. The molecular weight excluding hydrogens is 176 g/mol. The third kappa shape index (κ3) is 0.884. The lowest BCUT2D eigenvalue weighted by molar-refractivity contribution is -0.207. The Hall–Kier alpha value is -0.590. The van der Waals surface area contributed by atoms with Crippen LogP contribution in [0.25, 0.3) is 0 Å². The van der Waals surface area contributed by atoms with E-state index in [9.17, 15) is 5.26 Å². The molecule has 1 spiro atoms. The first-order valence-electron chi connectivity index (χ1n) is 5.47. The summed E-state index contributed by atoms with van der Waals surface area (Å²) in [4.78, 5) is 6.01. The van der Waals surface area contributed by atoms with Crippen LogP contribution in [-0.4, -0.2) is 22.2 Å². The van der Waals surface area contributed by atoms with Crippen molar-refractivity contribution in [3.8, 4) is 6.07 Å². The van der Waals surface area contributed by atoms with E-state index in [1.165, 1.54) is 0 Å². The highest BCUT2D eigenvalue weighted by Gasteiger charge is 2.66. The van der Waals surface area contributed by atoms with E-state index in [-0.39, 0.29) is 17.1 Å². The van der Waals surface area contributed by atoms with Gasteiger partial charge >= 0.3 is 0 Å². The smallest absolute Gasteiger partial charge is 0.108 e. The third-order valence-electron chi connectivity index (χ3n) is 4.06. The second-order valence-electron chi connectivity index (χ2n) is 5.51. The molecule has 0 aromatic rings. The zero-order valence-corrected chi connectivity index (χ0v) is 8.79. The predicted octanol–water partition coefficient (Wildman–Crippen LogP) is 1.85. The minimum atomic E-state index is -0.0723. The van der Waals surface area contributed by atoms with Crippen LogP contribution in [0.4, 0.5) is 0 Å². The van der Waals surface area contributed by atoms with E-state index >= 15 is 0 Å². The number of hydrogen-bond donors (Lipinski definition) is 0. The summed E-state index contributed by atoms with van der Waals surface area (Å²) >= 11 is 0. The second-order valence-corrected chi connectivity index (χ2v) is 5.51. The second kappa shape index (κ2) is 2.32. The summed E-state index contributed by atoms with van der Waals surface area (Å²) in [6.45, 7) is 4.42. The Balaban J connectivity index is 1.94. The van der Waals surface area contributed by atoms with Crippen LogP contribution in [-0.2, 0) is 4.84 Å². The zero-order chi connectivity index (χ0) is 9.97. The molecular formula is C11H16N2O. The van der Waals surface area contributed by atoms with Crippen molar-refractivity contribution in [3.63, 3.8) is 0 Å². The summed E-state index contributed by atoms with van der Waals surface area (Å²) in [6.07, 6.45) is 4.42. The molecule has 2 saturated heterocycles. The van der Waals surface area contributed by atoms with E-state index in [1.807, 2.05) is 0 Å². The van der Waals surface area contributed by atoms with Crippen LogP contribution in [0.2, 0.25) is 0 Å². The van der Waals surface area contributed by atoms with E-state index in [1.54, 1.807) is 0 Å². The highest BCUT2D eigenvalue weighted by atomic mass is 16.7. The number of rotatable bonds is 0. The summed E-state index contributed by atoms with van der Waals surface area (Å²) in [5.74, 6) is 0.115. The number of nitriles is 1. The molecule has 0 unspecified atom stereocenters. The van der Waals surface area contributed by atoms with Crippen LogP contribution in [0, 0.1) is 17.2 Å². The van der Waals surface area contributed by atoms with Crippen molar-refractivity contribution in [1.29, 1.82) is 5.26 Å². The average Bonchev–Trinajstić information content (AvgIpc) is 2.71. The topological polar surface area (TPSA) is 36.3 Å². The molecule has 3 aliphatic rings. The van der Waals surface area contributed by atoms with Gasteiger partial charge in [-0.2, -0.15) is 10.3 Å². The summed E-state index contributed by atoms with van der Waals surface area (Å²) in [5, 5.41) is 11.3. The Morgan fingerprint density at radius 2 is 2.07 bits per heavy atom. The SMILES string of the molecule is CC1(C)CC[C@@H]2[C@H](C#N)C3(CC3)ON21. The summed E-state index contributed by atoms with van der Waals surface area (Å²) < 4.78 is 0. The van der Waals surface area contributed by atoms with Crippen LogP contribution in [0.15, 0.2) is 0 Å². The standard InChI is InChI=1S/C11H16N2O/c1-10(2)4-3-9-8(7-12)11(5-6-11)14-13(9)10/h8-9H,3-6H2,1-2H3/t8-,9+/m0/s1. The van der Waals surface area contributed by atoms with Crippen molar-refractivity contribution >= 4 is 0 Å². The fourth-order valence-corrected chi connectivity index (χ4v) is 3.00. The molecule has 2 heterocycles. The molecule has 14 heavy (non-hydrogen) atoms. The van der Waals surface area contributed by atoms with E-state index in [2.05, 4.69) is 25.0 Å². The van der Waals surface area contributed by atoms with Gasteiger partial charge in [0.1, 0.15) is 5.60 Å². The third-order valence-corrected chi connectivity index (χ3v) is 4.06. The molecule has 0 radical (unpaired) electrons. The summed E-state index contributed by atoms with van der Waals surface area (Å²) in [7, 11) is 0. The summed E-state index contributed by atoms with van der Waals surface area (Å²) in [5.41, 5.74) is 0.0585. The Morgan fingerprint density at radius 3 is 2.64 bits per heavy atom. The maximum atomic E-state index is 9.20. The van der Waals surface area contributed by atoms with Gasteiger partial charge in [-0.1, -0.05) is 0 Å². The molecule has 0 amide bonds. The van der Waals surface area contributed by atoms with Crippen molar-refractivity contribution in [2.75, 3.05) is 0 Å². The van der Waals surface area contributed by atoms with E-state index in [0.717, 1.165) is 25.7 Å². The molecule has 3 nitrogen and oxygen atoms in total. The lowest BCUT2D eigenvalue weighted by Crippen LogP contribution is -2.39. The van der Waals surface area contributed by atoms with Gasteiger partial charge in [-0.05, 0) is 39.5 Å². The molecule has 0 N–H and O–H groups in total. The molecule has 1 saturated carbocycles. The van der Waals surface area contributed by atoms with Crippen molar-refractivity contribution in [1.82, 2.24) is 5.06 Å². The van der Waals surface area contributed by atoms with Gasteiger partial charge in [0.05, 0.1) is 18.0 Å². The number of hydroxylamine groups is 2. The van der Waals surface area contributed by atoms with Gasteiger partial charge in [-0.3, -0.25) is 4.84 Å². The molecule has 2 aliphatic heterocycles. The highest BCUT2D eigenvalue weighted by Crippen LogP contribution is 2.58. The molecule has 0 aromatic carbocycles. The molecule has 0 bridgehead atoms. The number of fused-ring (bicyclic) bond motifs is 1. The molecule has 3 rings (SSSR count). The van der Waals surface area contributed by atoms with Crippen molar-refractivity contribution < 1.29 is 4.84 Å². The van der Waals surface area contributed by atoms with Crippen molar-refractivity contribution in [2.24, 2.45) is 5.92 Å². The Bertz CT molecular complexity index is 314.